The number of hydrogen-bond donors (Lipinski definition) is 0. The van der Waals surface area contributed by atoms with Crippen molar-refractivity contribution in [2.45, 2.75) is 12.3 Å². The summed E-state index contributed by atoms with van der Waals surface area (Å²) in [5, 5.41) is 0.923. The summed E-state index contributed by atoms with van der Waals surface area (Å²) in [7, 11) is 3.30. The predicted octanol–water partition coefficient (Wildman–Crippen LogP) is 7.68. The maximum absolute atomic E-state index is 13.9. The van der Waals surface area contributed by atoms with E-state index in [2.05, 4.69) is 35.2 Å². The molecular formula is C35H33NO4S. The highest BCUT2D eigenvalue weighted by molar-refractivity contribution is 7.22. The fourth-order valence-electron chi connectivity index (χ4n) is 5.55. The maximum atomic E-state index is 13.9. The summed E-state index contributed by atoms with van der Waals surface area (Å²) in [4.78, 5) is 17.3. The van der Waals surface area contributed by atoms with Crippen molar-refractivity contribution in [3.63, 3.8) is 0 Å². The molecule has 4 aromatic carbocycles. The molecule has 6 rings (SSSR count). The monoisotopic (exact) mass is 563 g/mol. The molecule has 0 N–H and O–H groups in total. The first kappa shape index (κ1) is 27.1. The second-order valence-corrected chi connectivity index (χ2v) is 11.3. The molecule has 2 heterocycles. The van der Waals surface area contributed by atoms with E-state index in [-0.39, 0.29) is 5.78 Å². The molecule has 6 heteroatoms. The van der Waals surface area contributed by atoms with Crippen LogP contribution >= 0.6 is 11.3 Å². The Balaban J connectivity index is 1.16. The van der Waals surface area contributed by atoms with Crippen molar-refractivity contribution in [1.29, 1.82) is 0 Å². The van der Waals surface area contributed by atoms with Crippen LogP contribution < -0.4 is 14.2 Å². The van der Waals surface area contributed by atoms with E-state index in [1.54, 1.807) is 25.6 Å². The average molecular weight is 564 g/mol. The number of fused-ring (bicyclic) bond motifs is 1. The van der Waals surface area contributed by atoms with Gasteiger partial charge < -0.3 is 14.2 Å². The molecule has 1 unspecified atom stereocenters. The maximum Gasteiger partial charge on any atom is 0.195 e. The van der Waals surface area contributed by atoms with E-state index in [0.717, 1.165) is 57.4 Å². The first-order valence-electron chi connectivity index (χ1n) is 13.9. The number of ether oxygens (including phenoxy) is 3. The lowest BCUT2D eigenvalue weighted by atomic mass is 9.97. The zero-order valence-electron chi connectivity index (χ0n) is 23.3. The topological polar surface area (TPSA) is 48.0 Å². The van der Waals surface area contributed by atoms with Gasteiger partial charge >= 0.3 is 0 Å². The Morgan fingerprint density at radius 3 is 2.29 bits per heavy atom. The van der Waals surface area contributed by atoms with Gasteiger partial charge in [-0.25, -0.2) is 0 Å². The number of carbonyl (C=O) groups is 1. The highest BCUT2D eigenvalue weighted by atomic mass is 32.1. The summed E-state index contributed by atoms with van der Waals surface area (Å²) in [5.74, 6) is 2.91. The summed E-state index contributed by atoms with van der Waals surface area (Å²) in [6.45, 7) is 3.66. The van der Waals surface area contributed by atoms with Crippen LogP contribution in [0.3, 0.4) is 0 Å². The minimum Gasteiger partial charge on any atom is -0.497 e. The second kappa shape index (κ2) is 12.2. The van der Waals surface area contributed by atoms with E-state index in [4.69, 9.17) is 14.2 Å². The van der Waals surface area contributed by atoms with Gasteiger partial charge in [0, 0.05) is 39.2 Å². The fourth-order valence-corrected chi connectivity index (χ4v) is 6.78. The van der Waals surface area contributed by atoms with Gasteiger partial charge in [-0.1, -0.05) is 30.3 Å². The predicted molar refractivity (Wildman–Crippen MR) is 166 cm³/mol. The van der Waals surface area contributed by atoms with Gasteiger partial charge in [0.1, 0.15) is 23.9 Å². The summed E-state index contributed by atoms with van der Waals surface area (Å²) in [6, 6.07) is 32.0. The van der Waals surface area contributed by atoms with E-state index in [1.165, 1.54) is 12.0 Å². The van der Waals surface area contributed by atoms with Crippen LogP contribution in [0.4, 0.5) is 0 Å². The highest BCUT2D eigenvalue weighted by Gasteiger charge is 2.24. The first-order chi connectivity index (χ1) is 20.1. The van der Waals surface area contributed by atoms with Crippen molar-refractivity contribution < 1.29 is 19.0 Å². The molecule has 0 bridgehead atoms. The van der Waals surface area contributed by atoms with Crippen LogP contribution in [0.1, 0.15) is 33.8 Å². The Labute approximate surface area is 244 Å². The Kier molecular flexibility index (Phi) is 8.03. The highest BCUT2D eigenvalue weighted by Crippen LogP contribution is 2.41. The molecule has 1 aromatic heterocycles. The first-order valence-corrected chi connectivity index (χ1v) is 14.7. The quantitative estimate of drug-likeness (QED) is 0.163. The van der Waals surface area contributed by atoms with Crippen molar-refractivity contribution in [2.24, 2.45) is 0 Å². The number of hydrogen-bond acceptors (Lipinski definition) is 6. The Hall–Kier alpha value is -4.13. The molecule has 1 saturated heterocycles. The van der Waals surface area contributed by atoms with Crippen molar-refractivity contribution in [3.8, 4) is 27.7 Å². The third-order valence-corrected chi connectivity index (χ3v) is 9.01. The number of ketones is 1. The summed E-state index contributed by atoms with van der Waals surface area (Å²) < 4.78 is 17.9. The lowest BCUT2D eigenvalue weighted by Gasteiger charge is -2.16. The van der Waals surface area contributed by atoms with Gasteiger partial charge in [0.15, 0.2) is 5.78 Å². The number of nitrogens with zero attached hydrogens (tertiary/aromatic N) is 1. The molecule has 1 atom stereocenters. The summed E-state index contributed by atoms with van der Waals surface area (Å²) >= 11 is 1.60. The summed E-state index contributed by atoms with van der Waals surface area (Å²) in [5.41, 5.74) is 3.73. The normalized spacial score (nSPS) is 15.2. The van der Waals surface area contributed by atoms with E-state index in [9.17, 15) is 4.79 Å². The molecule has 0 saturated carbocycles. The van der Waals surface area contributed by atoms with Gasteiger partial charge in [0.2, 0.25) is 0 Å². The number of rotatable bonds is 10. The number of benzene rings is 4. The fraction of sp³-hybridized carbons (Fsp3) is 0.229. The third kappa shape index (κ3) is 5.85. The number of thiophene rings is 1. The molecule has 0 spiro atoms. The van der Waals surface area contributed by atoms with Crippen LogP contribution in [0.25, 0.3) is 20.5 Å². The van der Waals surface area contributed by atoms with E-state index in [0.29, 0.717) is 23.7 Å². The minimum absolute atomic E-state index is 0.0113. The zero-order chi connectivity index (χ0) is 28.2. The Morgan fingerprint density at radius 2 is 1.56 bits per heavy atom. The van der Waals surface area contributed by atoms with Crippen LogP contribution in [-0.2, 0) is 0 Å². The van der Waals surface area contributed by atoms with Crippen LogP contribution in [0.5, 0.6) is 17.2 Å². The van der Waals surface area contributed by atoms with E-state index in [1.807, 2.05) is 66.7 Å². The van der Waals surface area contributed by atoms with Crippen molar-refractivity contribution in [2.75, 3.05) is 40.5 Å². The summed E-state index contributed by atoms with van der Waals surface area (Å²) in [6.07, 6.45) is 1.18. The molecule has 5 nitrogen and oxygen atoms in total. The van der Waals surface area contributed by atoms with Crippen molar-refractivity contribution >= 4 is 27.2 Å². The largest absolute Gasteiger partial charge is 0.497 e. The average Bonchev–Trinajstić information content (AvgIpc) is 3.66. The minimum atomic E-state index is -0.0113. The lowest BCUT2D eigenvalue weighted by Crippen LogP contribution is -2.26. The standard InChI is InChI=1S/C35H33NO4S/c1-38-28-12-10-26(11-13-28)35-33(31-17-16-30(39-2)22-32(31)41-35)34(37)25-8-14-29(15-9-25)40-21-20-36-19-18-27(23-36)24-6-4-3-5-7-24/h3-17,22,27H,18-21,23H2,1-2H3. The molecule has 208 valence electrons. The Bertz CT molecular complexity index is 1630. The molecule has 0 aliphatic carbocycles. The Morgan fingerprint density at radius 1 is 0.854 bits per heavy atom. The molecule has 0 radical (unpaired) electrons. The molecule has 5 aromatic rings. The van der Waals surface area contributed by atoms with Gasteiger partial charge in [-0.15, -0.1) is 11.3 Å². The van der Waals surface area contributed by atoms with Crippen LogP contribution in [0.2, 0.25) is 0 Å². The van der Waals surface area contributed by atoms with Gasteiger partial charge in [-0.05, 0) is 96.7 Å². The van der Waals surface area contributed by atoms with E-state index < -0.39 is 0 Å². The van der Waals surface area contributed by atoms with Crippen molar-refractivity contribution in [3.05, 3.63) is 114 Å². The van der Waals surface area contributed by atoms with Gasteiger partial charge in [-0.2, -0.15) is 0 Å². The van der Waals surface area contributed by atoms with Gasteiger partial charge in [-0.3, -0.25) is 9.69 Å². The third-order valence-electron chi connectivity index (χ3n) is 7.81. The van der Waals surface area contributed by atoms with E-state index >= 15 is 0 Å². The van der Waals surface area contributed by atoms with Crippen molar-refractivity contribution in [1.82, 2.24) is 4.90 Å². The molecule has 0 amide bonds. The zero-order valence-corrected chi connectivity index (χ0v) is 24.2. The van der Waals surface area contributed by atoms with Crippen LogP contribution in [0, 0.1) is 0 Å². The number of methoxy groups -OCH3 is 2. The molecule has 1 fully saturated rings. The second-order valence-electron chi connectivity index (χ2n) is 10.3. The number of likely N-dealkylation sites (tertiary alicyclic amines) is 1. The smallest absolute Gasteiger partial charge is 0.195 e. The van der Waals surface area contributed by atoms with Gasteiger partial charge in [0.05, 0.1) is 14.2 Å². The molecule has 1 aliphatic heterocycles. The number of carbonyl (C=O) groups excluding carboxylic acids is 1. The van der Waals surface area contributed by atoms with Gasteiger partial charge in [0.25, 0.3) is 0 Å². The molecular weight excluding hydrogens is 530 g/mol. The molecule has 1 aliphatic rings. The molecule has 41 heavy (non-hydrogen) atoms. The van der Waals surface area contributed by atoms with Crippen LogP contribution in [0.15, 0.2) is 97.1 Å². The lowest BCUT2D eigenvalue weighted by molar-refractivity contribution is 0.104. The SMILES string of the molecule is COc1ccc(-c2sc3cc(OC)ccc3c2C(=O)c2ccc(OCCN3CCC(c4ccccc4)C3)cc2)cc1. The van der Waals surface area contributed by atoms with Crippen LogP contribution in [-0.4, -0.2) is 51.1 Å².